The number of nitrogens with one attached hydrogen (secondary N) is 1. The van der Waals surface area contributed by atoms with Gasteiger partial charge in [0.25, 0.3) is 0 Å². The molecule has 3 amide bonds. The Hall–Kier alpha value is -2.08. The van der Waals surface area contributed by atoms with E-state index in [1.807, 2.05) is 4.90 Å². The lowest BCUT2D eigenvalue weighted by Crippen LogP contribution is -2.56. The maximum atomic E-state index is 13.5. The third kappa shape index (κ3) is 3.91. The molecule has 0 unspecified atom stereocenters. The Morgan fingerprint density at radius 3 is 2.31 bits per heavy atom. The average Bonchev–Trinajstić information content (AvgIpc) is 3.53. The van der Waals surface area contributed by atoms with Crippen LogP contribution < -0.4 is 5.32 Å². The zero-order chi connectivity index (χ0) is 22.3. The summed E-state index contributed by atoms with van der Waals surface area (Å²) < 4.78 is 0. The Kier molecular flexibility index (Phi) is 5.68. The second kappa shape index (κ2) is 8.36. The van der Waals surface area contributed by atoms with Crippen molar-refractivity contribution in [3.63, 3.8) is 0 Å². The van der Waals surface area contributed by atoms with E-state index < -0.39 is 0 Å². The van der Waals surface area contributed by atoms with Gasteiger partial charge < -0.3 is 15.1 Å². The van der Waals surface area contributed by atoms with Gasteiger partial charge in [-0.25, -0.2) is 4.79 Å². The second-order valence-electron chi connectivity index (χ2n) is 10.9. The minimum absolute atomic E-state index is 0.00391. The minimum atomic E-state index is -0.138. The number of rotatable bonds is 7. The third-order valence-corrected chi connectivity index (χ3v) is 8.68. The van der Waals surface area contributed by atoms with Gasteiger partial charge in [-0.3, -0.25) is 9.69 Å². The normalized spacial score (nSPS) is 30.8. The number of carbonyl (C=O) groups excluding carboxylic acids is 2. The SMILES string of the molecule is CN(C)[C@]1(c2ccccc2)CC[C@]2(CC1)CN(CC(=O)NC1CC1)C(=O)N2CC1CCC1. The van der Waals surface area contributed by atoms with Crippen LogP contribution in [0.1, 0.15) is 63.4 Å². The van der Waals surface area contributed by atoms with Crippen LogP contribution in [0.4, 0.5) is 4.79 Å². The van der Waals surface area contributed by atoms with Gasteiger partial charge in [0, 0.05) is 24.7 Å². The summed E-state index contributed by atoms with van der Waals surface area (Å²) in [6.45, 7) is 1.75. The van der Waals surface area contributed by atoms with E-state index in [4.69, 9.17) is 0 Å². The Balaban J connectivity index is 1.35. The zero-order valence-corrected chi connectivity index (χ0v) is 19.7. The fourth-order valence-electron chi connectivity index (χ4n) is 6.18. The molecule has 1 aliphatic heterocycles. The van der Waals surface area contributed by atoms with Crippen LogP contribution in [0.15, 0.2) is 30.3 Å². The van der Waals surface area contributed by atoms with Gasteiger partial charge in [-0.2, -0.15) is 0 Å². The van der Waals surface area contributed by atoms with E-state index in [2.05, 4.69) is 59.5 Å². The van der Waals surface area contributed by atoms with E-state index in [0.29, 0.717) is 18.5 Å². The summed E-state index contributed by atoms with van der Waals surface area (Å²) >= 11 is 0. The Morgan fingerprint density at radius 1 is 1.06 bits per heavy atom. The van der Waals surface area contributed by atoms with Crippen LogP contribution in [-0.2, 0) is 10.3 Å². The maximum Gasteiger partial charge on any atom is 0.321 e. The molecule has 1 aromatic carbocycles. The number of hydrogen-bond acceptors (Lipinski definition) is 3. The predicted molar refractivity (Wildman–Crippen MR) is 125 cm³/mol. The fraction of sp³-hybridized carbons (Fsp3) is 0.692. The van der Waals surface area contributed by atoms with Crippen molar-refractivity contribution in [2.75, 3.05) is 33.7 Å². The minimum Gasteiger partial charge on any atom is -0.352 e. The largest absolute Gasteiger partial charge is 0.352 e. The predicted octanol–water partition coefficient (Wildman–Crippen LogP) is 3.57. The van der Waals surface area contributed by atoms with E-state index in [0.717, 1.165) is 45.1 Å². The summed E-state index contributed by atoms with van der Waals surface area (Å²) in [6, 6.07) is 11.3. The molecule has 32 heavy (non-hydrogen) atoms. The van der Waals surface area contributed by atoms with Gasteiger partial charge in [0.15, 0.2) is 0 Å². The van der Waals surface area contributed by atoms with Crippen molar-refractivity contribution >= 4 is 11.9 Å². The standard InChI is InChI=1S/C26H38N4O2/c1-28(2)26(21-9-4-3-5-10-21)15-13-25(14-16-26)19-29(18-23(31)27-22-11-12-22)24(32)30(25)17-20-7-6-8-20/h3-5,9-10,20,22H,6-8,11-19H2,1-2H3,(H,27,31)/t25-,26+. The van der Waals surface area contributed by atoms with Crippen LogP contribution in [0.3, 0.4) is 0 Å². The fourth-order valence-corrected chi connectivity index (χ4v) is 6.18. The van der Waals surface area contributed by atoms with Crippen molar-refractivity contribution in [1.29, 1.82) is 0 Å². The summed E-state index contributed by atoms with van der Waals surface area (Å²) in [7, 11) is 4.37. The lowest BCUT2D eigenvalue weighted by molar-refractivity contribution is -0.121. The van der Waals surface area contributed by atoms with Crippen LogP contribution in [0.25, 0.3) is 0 Å². The first-order valence-electron chi connectivity index (χ1n) is 12.5. The number of benzene rings is 1. The Morgan fingerprint density at radius 2 is 1.75 bits per heavy atom. The van der Waals surface area contributed by atoms with Crippen LogP contribution in [0, 0.1) is 5.92 Å². The van der Waals surface area contributed by atoms with Crippen molar-refractivity contribution < 1.29 is 9.59 Å². The summed E-state index contributed by atoms with van der Waals surface area (Å²) in [4.78, 5) is 32.4. The molecule has 4 fully saturated rings. The second-order valence-corrected chi connectivity index (χ2v) is 10.9. The summed E-state index contributed by atoms with van der Waals surface area (Å²) in [5.74, 6) is 0.634. The van der Waals surface area contributed by atoms with E-state index in [-0.39, 0.29) is 29.6 Å². The average molecular weight is 439 g/mol. The van der Waals surface area contributed by atoms with Gasteiger partial charge in [0.05, 0.1) is 5.54 Å². The molecule has 6 nitrogen and oxygen atoms in total. The van der Waals surface area contributed by atoms with Crippen LogP contribution >= 0.6 is 0 Å². The number of nitrogens with zero attached hydrogens (tertiary/aromatic N) is 3. The highest BCUT2D eigenvalue weighted by Crippen LogP contribution is 2.49. The number of hydrogen-bond donors (Lipinski definition) is 1. The van der Waals surface area contributed by atoms with E-state index in [9.17, 15) is 9.59 Å². The first-order valence-corrected chi connectivity index (χ1v) is 12.5. The molecule has 174 valence electrons. The van der Waals surface area contributed by atoms with Crippen molar-refractivity contribution in [3.8, 4) is 0 Å². The molecule has 1 saturated heterocycles. The van der Waals surface area contributed by atoms with Crippen molar-refractivity contribution in [2.24, 2.45) is 5.92 Å². The van der Waals surface area contributed by atoms with Gasteiger partial charge in [-0.15, -0.1) is 0 Å². The molecular weight excluding hydrogens is 400 g/mol. The molecule has 1 N–H and O–H groups in total. The highest BCUT2D eigenvalue weighted by molar-refractivity contribution is 5.86. The van der Waals surface area contributed by atoms with Crippen LogP contribution in [0.5, 0.6) is 0 Å². The Labute approximate surface area is 192 Å². The molecule has 0 radical (unpaired) electrons. The quantitative estimate of drug-likeness (QED) is 0.708. The number of amides is 3. The molecule has 3 saturated carbocycles. The molecule has 0 atom stereocenters. The molecule has 3 aliphatic carbocycles. The molecule has 1 spiro atoms. The lowest BCUT2D eigenvalue weighted by Gasteiger charge is -2.51. The van der Waals surface area contributed by atoms with Gasteiger partial charge in [0.1, 0.15) is 6.54 Å². The third-order valence-electron chi connectivity index (χ3n) is 8.68. The first-order chi connectivity index (χ1) is 15.4. The zero-order valence-electron chi connectivity index (χ0n) is 19.7. The monoisotopic (exact) mass is 438 g/mol. The van der Waals surface area contributed by atoms with Gasteiger partial charge in [0.2, 0.25) is 5.91 Å². The molecule has 4 aliphatic rings. The van der Waals surface area contributed by atoms with Crippen molar-refractivity contribution in [1.82, 2.24) is 20.0 Å². The summed E-state index contributed by atoms with van der Waals surface area (Å²) in [6.07, 6.45) is 9.92. The van der Waals surface area contributed by atoms with Gasteiger partial charge in [-0.05, 0) is 76.9 Å². The summed E-state index contributed by atoms with van der Waals surface area (Å²) in [5.41, 5.74) is 1.24. The topological polar surface area (TPSA) is 55.9 Å². The van der Waals surface area contributed by atoms with Crippen molar-refractivity contribution in [3.05, 3.63) is 35.9 Å². The van der Waals surface area contributed by atoms with Crippen LogP contribution in [-0.4, -0.2) is 71.9 Å². The van der Waals surface area contributed by atoms with Crippen LogP contribution in [0.2, 0.25) is 0 Å². The van der Waals surface area contributed by atoms with Crippen molar-refractivity contribution in [2.45, 2.75) is 74.9 Å². The van der Waals surface area contributed by atoms with Gasteiger partial charge in [-0.1, -0.05) is 36.8 Å². The molecule has 6 heteroatoms. The Bertz CT molecular complexity index is 839. The van der Waals surface area contributed by atoms with E-state index in [1.165, 1.54) is 24.8 Å². The molecule has 5 rings (SSSR count). The first kappa shape index (κ1) is 21.7. The van der Waals surface area contributed by atoms with E-state index >= 15 is 0 Å². The summed E-state index contributed by atoms with van der Waals surface area (Å²) in [5, 5.41) is 3.06. The molecule has 0 aromatic heterocycles. The molecule has 0 bridgehead atoms. The van der Waals surface area contributed by atoms with Gasteiger partial charge >= 0.3 is 6.03 Å². The maximum absolute atomic E-state index is 13.5. The molecule has 1 aromatic rings. The number of urea groups is 1. The lowest BCUT2D eigenvalue weighted by atomic mass is 9.68. The molecule has 1 heterocycles. The van der Waals surface area contributed by atoms with E-state index in [1.54, 1.807) is 0 Å². The highest BCUT2D eigenvalue weighted by atomic mass is 16.2. The molecular formula is C26H38N4O2. The highest BCUT2D eigenvalue weighted by Gasteiger charge is 2.55. The number of carbonyl (C=O) groups is 2. The smallest absolute Gasteiger partial charge is 0.321 e.